The predicted octanol–water partition coefficient (Wildman–Crippen LogP) is 5.94. The fraction of sp³-hybridized carbons (Fsp3) is 0.261. The van der Waals surface area contributed by atoms with Gasteiger partial charge in [0.15, 0.2) is 11.5 Å². The molecule has 0 saturated carbocycles. The van der Waals surface area contributed by atoms with Crippen LogP contribution >= 0.6 is 27.7 Å². The number of anilines is 1. The number of amides is 3. The Morgan fingerprint density at radius 3 is 2.51 bits per heavy atom. The van der Waals surface area contributed by atoms with Crippen LogP contribution in [0.3, 0.4) is 0 Å². The van der Waals surface area contributed by atoms with Gasteiger partial charge in [-0.15, -0.1) is 0 Å². The van der Waals surface area contributed by atoms with Crippen LogP contribution in [0.1, 0.15) is 25.0 Å². The maximum absolute atomic E-state index is 12.9. The molecule has 0 bridgehead atoms. The van der Waals surface area contributed by atoms with Crippen molar-refractivity contribution >= 4 is 56.5 Å². The fourth-order valence-electron chi connectivity index (χ4n) is 3.12. The highest BCUT2D eigenvalue weighted by Crippen LogP contribution is 2.39. The van der Waals surface area contributed by atoms with E-state index in [1.165, 1.54) is 12.1 Å². The minimum absolute atomic E-state index is 0.0837. The maximum atomic E-state index is 12.9. The van der Waals surface area contributed by atoms with Gasteiger partial charge in [-0.3, -0.25) is 19.3 Å². The number of nitrogens with zero attached hydrogens (tertiary/aromatic N) is 1. The summed E-state index contributed by atoms with van der Waals surface area (Å²) in [4.78, 5) is 38.3. The molecule has 7 nitrogen and oxygen atoms in total. The number of hydrogen-bond donors (Lipinski definition) is 1. The van der Waals surface area contributed by atoms with Crippen LogP contribution in [0.2, 0.25) is 0 Å². The average molecular weight is 573 g/mol. The summed E-state index contributed by atoms with van der Waals surface area (Å²) in [5.41, 5.74) is -0.477. The fourth-order valence-corrected chi connectivity index (χ4v) is 4.54. The number of ether oxygens (including phenoxy) is 2. The SMILES string of the molecule is CCOc1cc(/C=C2\SC(=O)N(CC(=O)Nc3cccc(C(F)(F)F)c3)C2=O)cc(Br)c1OCC. The molecule has 0 radical (unpaired) electrons. The van der Waals surface area contributed by atoms with Crippen LogP contribution in [-0.2, 0) is 15.8 Å². The second kappa shape index (κ2) is 11.2. The van der Waals surface area contributed by atoms with Crippen molar-refractivity contribution in [2.24, 2.45) is 0 Å². The zero-order valence-corrected chi connectivity index (χ0v) is 21.0. The largest absolute Gasteiger partial charge is 0.490 e. The molecule has 3 amide bonds. The van der Waals surface area contributed by atoms with Crippen LogP contribution in [0.15, 0.2) is 45.8 Å². The quantitative estimate of drug-likeness (QED) is 0.394. The van der Waals surface area contributed by atoms with Crippen LogP contribution in [0.25, 0.3) is 6.08 Å². The number of carbonyl (C=O) groups excluding carboxylic acids is 3. The molecule has 0 aliphatic carbocycles. The van der Waals surface area contributed by atoms with E-state index < -0.39 is 35.3 Å². The van der Waals surface area contributed by atoms with Gasteiger partial charge >= 0.3 is 6.18 Å². The molecule has 1 fully saturated rings. The second-order valence-electron chi connectivity index (χ2n) is 7.09. The molecule has 2 aromatic rings. The summed E-state index contributed by atoms with van der Waals surface area (Å²) in [5, 5.41) is 1.61. The third-order valence-corrected chi connectivity index (χ3v) is 6.06. The highest BCUT2D eigenvalue weighted by Gasteiger charge is 2.36. The Bertz CT molecular complexity index is 1190. The topological polar surface area (TPSA) is 84.9 Å². The smallest absolute Gasteiger partial charge is 0.416 e. The molecule has 0 spiro atoms. The molecule has 1 heterocycles. The first-order valence-corrected chi connectivity index (χ1v) is 12.0. The van der Waals surface area contributed by atoms with E-state index in [-0.39, 0.29) is 10.6 Å². The van der Waals surface area contributed by atoms with Crippen molar-refractivity contribution in [3.05, 3.63) is 56.9 Å². The maximum Gasteiger partial charge on any atom is 0.416 e. The Morgan fingerprint density at radius 2 is 1.86 bits per heavy atom. The molecule has 1 aliphatic rings. The zero-order chi connectivity index (χ0) is 25.8. The van der Waals surface area contributed by atoms with Gasteiger partial charge in [0.2, 0.25) is 5.91 Å². The Hall–Kier alpha value is -2.99. The Morgan fingerprint density at radius 1 is 1.14 bits per heavy atom. The first-order chi connectivity index (χ1) is 16.5. The van der Waals surface area contributed by atoms with E-state index in [1.54, 1.807) is 12.1 Å². The average Bonchev–Trinajstić information content (AvgIpc) is 3.03. The third kappa shape index (κ3) is 6.57. The lowest BCUT2D eigenvalue weighted by atomic mass is 10.2. The first kappa shape index (κ1) is 26.6. The van der Waals surface area contributed by atoms with Crippen molar-refractivity contribution in [1.82, 2.24) is 4.90 Å². The van der Waals surface area contributed by atoms with Gasteiger partial charge in [0, 0.05) is 5.69 Å². The van der Waals surface area contributed by atoms with Gasteiger partial charge < -0.3 is 14.8 Å². The number of rotatable bonds is 8. The third-order valence-electron chi connectivity index (χ3n) is 4.57. The molecule has 3 rings (SSSR count). The summed E-state index contributed by atoms with van der Waals surface area (Å²) >= 11 is 4.06. The number of carbonyl (C=O) groups is 3. The number of hydrogen-bond acceptors (Lipinski definition) is 6. The number of alkyl halides is 3. The highest BCUT2D eigenvalue weighted by molar-refractivity contribution is 9.10. The minimum atomic E-state index is -4.57. The standard InChI is InChI=1S/C23H20BrF3N2O5S/c1-3-33-17-9-13(8-16(24)20(17)34-4-2)10-18-21(31)29(22(32)35-18)12-19(30)28-15-7-5-6-14(11-15)23(25,26)27/h5-11H,3-4,12H2,1-2H3,(H,28,30)/b18-10-. The molecule has 0 unspecified atom stereocenters. The molecule has 35 heavy (non-hydrogen) atoms. The molecule has 1 N–H and O–H groups in total. The van der Waals surface area contributed by atoms with Gasteiger partial charge in [0.25, 0.3) is 11.1 Å². The lowest BCUT2D eigenvalue weighted by molar-refractivity contribution is -0.137. The summed E-state index contributed by atoms with van der Waals surface area (Å²) < 4.78 is 50.4. The van der Waals surface area contributed by atoms with E-state index in [1.807, 2.05) is 13.8 Å². The van der Waals surface area contributed by atoms with Crippen LogP contribution in [0.5, 0.6) is 11.5 Å². The lowest BCUT2D eigenvalue weighted by Crippen LogP contribution is -2.36. The van der Waals surface area contributed by atoms with E-state index >= 15 is 0 Å². The Balaban J connectivity index is 1.75. The summed E-state index contributed by atoms with van der Waals surface area (Å²) in [6, 6.07) is 7.42. The molecule has 1 aliphatic heterocycles. The monoisotopic (exact) mass is 572 g/mol. The highest BCUT2D eigenvalue weighted by atomic mass is 79.9. The first-order valence-electron chi connectivity index (χ1n) is 10.3. The molecule has 2 aromatic carbocycles. The molecule has 1 saturated heterocycles. The van der Waals surface area contributed by atoms with E-state index in [4.69, 9.17) is 9.47 Å². The van der Waals surface area contributed by atoms with Crippen LogP contribution in [0, 0.1) is 0 Å². The van der Waals surface area contributed by atoms with Gasteiger partial charge in [0.05, 0.1) is 28.2 Å². The minimum Gasteiger partial charge on any atom is -0.490 e. The van der Waals surface area contributed by atoms with Crippen LogP contribution in [0.4, 0.5) is 23.7 Å². The summed E-state index contributed by atoms with van der Waals surface area (Å²) in [6.45, 7) is 3.80. The van der Waals surface area contributed by atoms with E-state index in [2.05, 4.69) is 21.2 Å². The van der Waals surface area contributed by atoms with Crippen molar-refractivity contribution in [1.29, 1.82) is 0 Å². The lowest BCUT2D eigenvalue weighted by Gasteiger charge is -2.14. The van der Waals surface area contributed by atoms with Crippen molar-refractivity contribution in [2.75, 3.05) is 25.1 Å². The van der Waals surface area contributed by atoms with E-state index in [0.29, 0.717) is 46.5 Å². The summed E-state index contributed by atoms with van der Waals surface area (Å²) in [5.74, 6) is -0.544. The number of imide groups is 1. The second-order valence-corrected chi connectivity index (χ2v) is 8.94. The number of halogens is 4. The molecule has 12 heteroatoms. The Kier molecular flexibility index (Phi) is 8.49. The predicted molar refractivity (Wildman–Crippen MR) is 129 cm³/mol. The van der Waals surface area contributed by atoms with Crippen molar-refractivity contribution < 1.29 is 37.0 Å². The van der Waals surface area contributed by atoms with Gasteiger partial charge in [-0.1, -0.05) is 6.07 Å². The van der Waals surface area contributed by atoms with Gasteiger partial charge in [-0.2, -0.15) is 13.2 Å². The van der Waals surface area contributed by atoms with Crippen molar-refractivity contribution in [3.63, 3.8) is 0 Å². The van der Waals surface area contributed by atoms with Gasteiger partial charge in [0.1, 0.15) is 6.54 Å². The molecule has 0 aromatic heterocycles. The van der Waals surface area contributed by atoms with Crippen LogP contribution < -0.4 is 14.8 Å². The van der Waals surface area contributed by atoms with Gasteiger partial charge in [-0.05, 0) is 83.5 Å². The van der Waals surface area contributed by atoms with Crippen molar-refractivity contribution in [3.8, 4) is 11.5 Å². The number of thioether (sulfide) groups is 1. The number of nitrogens with one attached hydrogen (secondary N) is 1. The summed E-state index contributed by atoms with van der Waals surface area (Å²) in [7, 11) is 0. The van der Waals surface area contributed by atoms with Crippen molar-refractivity contribution in [2.45, 2.75) is 20.0 Å². The van der Waals surface area contributed by atoms with E-state index in [9.17, 15) is 27.6 Å². The van der Waals surface area contributed by atoms with Crippen LogP contribution in [-0.4, -0.2) is 41.7 Å². The number of benzene rings is 2. The normalized spacial score (nSPS) is 15.0. The summed E-state index contributed by atoms with van der Waals surface area (Å²) in [6.07, 6.45) is -3.09. The van der Waals surface area contributed by atoms with Gasteiger partial charge in [-0.25, -0.2) is 0 Å². The molecule has 0 atom stereocenters. The Labute approximate surface area is 211 Å². The van der Waals surface area contributed by atoms with E-state index in [0.717, 1.165) is 23.1 Å². The molecular formula is C23H20BrF3N2O5S. The molecule has 186 valence electrons. The molecular weight excluding hydrogens is 553 g/mol. The zero-order valence-electron chi connectivity index (χ0n) is 18.6.